The van der Waals surface area contributed by atoms with Crippen LogP contribution >= 0.6 is 23.4 Å². The number of hydrogen-bond donors (Lipinski definition) is 1. The summed E-state index contributed by atoms with van der Waals surface area (Å²) in [6.07, 6.45) is 2.78. The minimum absolute atomic E-state index is 0.00741. The highest BCUT2D eigenvalue weighted by Gasteiger charge is 2.24. The summed E-state index contributed by atoms with van der Waals surface area (Å²) >= 11 is 6.76. The molecule has 1 saturated heterocycles. The predicted molar refractivity (Wildman–Crippen MR) is 110 cm³/mol. The average molecular weight is 432 g/mol. The number of nitro benzene ring substituents is 2. The summed E-state index contributed by atoms with van der Waals surface area (Å²) in [4.78, 5) is 32.9. The molecule has 2 aromatic carbocycles. The molecule has 29 heavy (non-hydrogen) atoms. The fourth-order valence-electron chi connectivity index (χ4n) is 2.25. The van der Waals surface area contributed by atoms with Crippen LogP contribution in [0.2, 0.25) is 5.02 Å². The summed E-state index contributed by atoms with van der Waals surface area (Å²) in [5.74, 6) is -0.419. The number of rotatable bonds is 5. The van der Waals surface area contributed by atoms with E-state index in [1.807, 2.05) is 0 Å². The molecule has 0 aliphatic carbocycles. The molecule has 2 aromatic rings. The molecule has 10 nitrogen and oxygen atoms in total. The summed E-state index contributed by atoms with van der Waals surface area (Å²) in [6.45, 7) is 0. The van der Waals surface area contributed by atoms with Crippen molar-refractivity contribution in [3.63, 3.8) is 0 Å². The topological polar surface area (TPSA) is 140 Å². The van der Waals surface area contributed by atoms with Crippen molar-refractivity contribution in [3.05, 3.63) is 83.7 Å². The molecule has 0 unspecified atom stereocenters. The van der Waals surface area contributed by atoms with Crippen molar-refractivity contribution >= 4 is 58.1 Å². The number of thioether (sulfide) groups is 1. The second kappa shape index (κ2) is 8.63. The standard InChI is InChI=1S/C17H10ClN5O5S/c18-13-5-4-11(7-14(13)23(27)28)9-19-21-17-20-16(24)15(29-17)8-10-2-1-3-12(6-10)22(25)26/h1-9H,(H,20,21,24). The van der Waals surface area contributed by atoms with Gasteiger partial charge in [-0.15, -0.1) is 5.10 Å². The molecular formula is C17H10ClN5O5S. The first-order chi connectivity index (χ1) is 13.8. The Morgan fingerprint density at radius 3 is 2.59 bits per heavy atom. The van der Waals surface area contributed by atoms with E-state index in [4.69, 9.17) is 11.6 Å². The number of halogens is 1. The third kappa shape index (κ3) is 5.03. The highest BCUT2D eigenvalue weighted by atomic mass is 35.5. The van der Waals surface area contributed by atoms with Crippen LogP contribution in [-0.2, 0) is 4.79 Å². The third-order valence-electron chi connectivity index (χ3n) is 3.55. The number of nitro groups is 2. The first-order valence-corrected chi connectivity index (χ1v) is 9.03. The lowest BCUT2D eigenvalue weighted by Gasteiger charge is -1.96. The van der Waals surface area contributed by atoms with Crippen molar-refractivity contribution < 1.29 is 14.6 Å². The molecule has 12 heteroatoms. The van der Waals surface area contributed by atoms with Gasteiger partial charge in [0.25, 0.3) is 17.3 Å². The normalized spacial score (nSPS) is 16.5. The van der Waals surface area contributed by atoms with Crippen LogP contribution in [0.5, 0.6) is 0 Å². The second-order valence-electron chi connectivity index (χ2n) is 5.53. The van der Waals surface area contributed by atoms with Crippen molar-refractivity contribution in [2.45, 2.75) is 0 Å². The number of carbonyl (C=O) groups is 1. The molecule has 0 atom stereocenters. The van der Waals surface area contributed by atoms with Gasteiger partial charge in [0.05, 0.1) is 21.0 Å². The molecular weight excluding hydrogens is 422 g/mol. The van der Waals surface area contributed by atoms with Crippen molar-refractivity contribution in [2.24, 2.45) is 10.2 Å². The first kappa shape index (κ1) is 20.2. The number of amidine groups is 1. The number of nitrogens with one attached hydrogen (secondary N) is 1. The Bertz CT molecular complexity index is 1120. The Morgan fingerprint density at radius 1 is 1.07 bits per heavy atom. The van der Waals surface area contributed by atoms with Crippen LogP contribution in [0.3, 0.4) is 0 Å². The van der Waals surface area contributed by atoms with Gasteiger partial charge in [0.15, 0.2) is 5.17 Å². The first-order valence-electron chi connectivity index (χ1n) is 7.84. The van der Waals surface area contributed by atoms with Gasteiger partial charge in [0.1, 0.15) is 5.02 Å². The molecule has 1 N–H and O–H groups in total. The Kier molecular flexibility index (Phi) is 6.00. The molecule has 0 spiro atoms. The minimum Gasteiger partial charge on any atom is -0.299 e. The Hall–Kier alpha value is -3.57. The number of nitrogens with zero attached hydrogens (tertiary/aromatic N) is 4. The Labute approximate surface area is 172 Å². The highest BCUT2D eigenvalue weighted by molar-refractivity contribution is 8.18. The largest absolute Gasteiger partial charge is 0.299 e. The third-order valence-corrected chi connectivity index (χ3v) is 4.77. The molecule has 0 saturated carbocycles. The molecule has 0 radical (unpaired) electrons. The average Bonchev–Trinajstić information content (AvgIpc) is 3.02. The zero-order chi connectivity index (χ0) is 21.0. The lowest BCUT2D eigenvalue weighted by Crippen LogP contribution is -2.19. The van der Waals surface area contributed by atoms with E-state index in [1.165, 1.54) is 48.7 Å². The number of non-ortho nitro benzene ring substituents is 1. The fraction of sp³-hybridized carbons (Fsp3) is 0. The van der Waals surface area contributed by atoms with Crippen molar-refractivity contribution in [2.75, 3.05) is 0 Å². The minimum atomic E-state index is -0.608. The highest BCUT2D eigenvalue weighted by Crippen LogP contribution is 2.27. The lowest BCUT2D eigenvalue weighted by atomic mass is 10.2. The fourth-order valence-corrected chi connectivity index (χ4v) is 3.22. The number of hydrogen-bond acceptors (Lipinski definition) is 8. The smallest absolute Gasteiger partial charge is 0.288 e. The maximum Gasteiger partial charge on any atom is 0.288 e. The maximum absolute atomic E-state index is 12.0. The van der Waals surface area contributed by atoms with Gasteiger partial charge >= 0.3 is 0 Å². The molecule has 146 valence electrons. The van der Waals surface area contributed by atoms with E-state index < -0.39 is 15.8 Å². The van der Waals surface area contributed by atoms with E-state index in [2.05, 4.69) is 15.5 Å². The number of amides is 1. The molecule has 1 aliphatic rings. The second-order valence-corrected chi connectivity index (χ2v) is 6.97. The van der Waals surface area contributed by atoms with E-state index in [1.54, 1.807) is 6.07 Å². The van der Waals surface area contributed by atoms with Crippen LogP contribution in [0, 0.1) is 20.2 Å². The van der Waals surface area contributed by atoms with Crippen LogP contribution in [0.4, 0.5) is 11.4 Å². The summed E-state index contributed by atoms with van der Waals surface area (Å²) < 4.78 is 0. The summed E-state index contributed by atoms with van der Waals surface area (Å²) in [6, 6.07) is 10.0. The summed E-state index contributed by atoms with van der Waals surface area (Å²) in [7, 11) is 0. The van der Waals surface area contributed by atoms with Gasteiger partial charge in [-0.25, -0.2) is 0 Å². The van der Waals surface area contributed by atoms with Gasteiger partial charge in [-0.3, -0.25) is 30.3 Å². The van der Waals surface area contributed by atoms with E-state index in [9.17, 15) is 25.0 Å². The Balaban J connectivity index is 1.75. The van der Waals surface area contributed by atoms with E-state index in [0.717, 1.165) is 11.8 Å². The monoisotopic (exact) mass is 431 g/mol. The van der Waals surface area contributed by atoms with Gasteiger partial charge in [0.2, 0.25) is 0 Å². The molecule has 0 aromatic heterocycles. The van der Waals surface area contributed by atoms with Gasteiger partial charge in [-0.1, -0.05) is 29.8 Å². The predicted octanol–water partition coefficient (Wildman–Crippen LogP) is 3.75. The van der Waals surface area contributed by atoms with Crippen LogP contribution in [0.1, 0.15) is 11.1 Å². The lowest BCUT2D eigenvalue weighted by molar-refractivity contribution is -0.385. The summed E-state index contributed by atoms with van der Waals surface area (Å²) in [5.41, 5.74) is 0.564. The zero-order valence-electron chi connectivity index (χ0n) is 14.3. The van der Waals surface area contributed by atoms with Gasteiger partial charge in [-0.2, -0.15) is 5.10 Å². The quantitative estimate of drug-likeness (QED) is 0.331. The SMILES string of the molecule is O=C1N/C(=N\N=Cc2ccc(Cl)c([N+](=O)[O-])c2)SC1=Cc1cccc([N+](=O)[O-])c1. The van der Waals surface area contributed by atoms with Crippen LogP contribution in [0.25, 0.3) is 6.08 Å². The van der Waals surface area contributed by atoms with E-state index in [-0.39, 0.29) is 21.6 Å². The van der Waals surface area contributed by atoms with Crippen molar-refractivity contribution in [1.29, 1.82) is 0 Å². The van der Waals surface area contributed by atoms with Crippen molar-refractivity contribution in [1.82, 2.24) is 5.32 Å². The molecule has 3 rings (SSSR count). The molecule has 1 aliphatic heterocycles. The summed E-state index contributed by atoms with van der Waals surface area (Å²) in [5, 5.41) is 32.1. The number of benzene rings is 2. The molecule has 1 amide bonds. The molecule has 0 bridgehead atoms. The molecule has 1 heterocycles. The Morgan fingerprint density at radius 2 is 1.86 bits per heavy atom. The van der Waals surface area contributed by atoms with Crippen LogP contribution in [-0.4, -0.2) is 27.1 Å². The van der Waals surface area contributed by atoms with E-state index >= 15 is 0 Å². The zero-order valence-corrected chi connectivity index (χ0v) is 15.9. The van der Waals surface area contributed by atoms with Crippen LogP contribution in [0.15, 0.2) is 57.6 Å². The van der Waals surface area contributed by atoms with Gasteiger partial charge in [-0.05, 0) is 29.5 Å². The van der Waals surface area contributed by atoms with Gasteiger partial charge in [0, 0.05) is 23.8 Å². The van der Waals surface area contributed by atoms with Gasteiger partial charge < -0.3 is 0 Å². The van der Waals surface area contributed by atoms with Crippen LogP contribution < -0.4 is 5.32 Å². The number of carbonyl (C=O) groups excluding carboxylic acids is 1. The molecule has 1 fully saturated rings. The van der Waals surface area contributed by atoms with E-state index in [0.29, 0.717) is 16.0 Å². The van der Waals surface area contributed by atoms with Crippen molar-refractivity contribution in [3.8, 4) is 0 Å². The maximum atomic E-state index is 12.0.